The summed E-state index contributed by atoms with van der Waals surface area (Å²) in [5, 5.41) is 12.4. The highest BCUT2D eigenvalue weighted by Crippen LogP contribution is 2.39. The van der Waals surface area contributed by atoms with Crippen LogP contribution in [-0.2, 0) is 4.79 Å². The number of rotatable bonds is 3. The van der Waals surface area contributed by atoms with Crippen LogP contribution in [0.5, 0.6) is 0 Å². The van der Waals surface area contributed by atoms with Gasteiger partial charge in [-0.1, -0.05) is 29.3 Å². The predicted octanol–water partition coefficient (Wildman–Crippen LogP) is 4.04. The normalized spacial score (nSPS) is 21.6. The van der Waals surface area contributed by atoms with Gasteiger partial charge in [0.1, 0.15) is 22.1 Å². The number of thioether (sulfide) groups is 1. The van der Waals surface area contributed by atoms with E-state index in [4.69, 9.17) is 32.7 Å². The third kappa shape index (κ3) is 2.92. The number of halogens is 2. The van der Waals surface area contributed by atoms with Crippen molar-refractivity contribution in [2.24, 2.45) is 0 Å². The molecule has 0 spiro atoms. The van der Waals surface area contributed by atoms with Crippen LogP contribution in [0.4, 0.5) is 0 Å². The maximum absolute atomic E-state index is 11.0. The molecular weight excluding hydrogens is 333 g/mol. The average Bonchev–Trinajstić information content (AvgIpc) is 3.09. The number of nitrogens with one attached hydrogen (secondary N) is 1. The highest BCUT2D eigenvalue weighted by molar-refractivity contribution is 8.01. The van der Waals surface area contributed by atoms with E-state index in [2.05, 4.69) is 5.32 Å². The lowest BCUT2D eigenvalue weighted by atomic mass is 10.2. The summed E-state index contributed by atoms with van der Waals surface area (Å²) in [5.41, 5.74) is 0.716. The van der Waals surface area contributed by atoms with Crippen molar-refractivity contribution in [1.29, 1.82) is 0 Å². The fourth-order valence-electron chi connectivity index (χ4n) is 2.12. The van der Waals surface area contributed by atoms with Gasteiger partial charge in [0, 0.05) is 12.1 Å². The van der Waals surface area contributed by atoms with Gasteiger partial charge in [-0.15, -0.1) is 11.8 Å². The number of furan rings is 1. The van der Waals surface area contributed by atoms with E-state index in [1.807, 2.05) is 18.2 Å². The third-order valence-electron chi connectivity index (χ3n) is 3.17. The first-order valence-corrected chi connectivity index (χ1v) is 7.92. The first-order chi connectivity index (χ1) is 10.1. The molecule has 4 nitrogen and oxygen atoms in total. The Hall–Kier alpha value is -1.14. The van der Waals surface area contributed by atoms with Gasteiger partial charge in [0.05, 0.1) is 10.0 Å². The lowest BCUT2D eigenvalue weighted by Crippen LogP contribution is -2.21. The van der Waals surface area contributed by atoms with Gasteiger partial charge in [-0.25, -0.2) is 0 Å². The summed E-state index contributed by atoms with van der Waals surface area (Å²) in [6.45, 7) is 0.415. The maximum atomic E-state index is 11.0. The molecule has 1 aromatic heterocycles. The molecule has 2 N–H and O–H groups in total. The van der Waals surface area contributed by atoms with Crippen molar-refractivity contribution < 1.29 is 14.3 Å². The molecule has 7 heteroatoms. The minimum atomic E-state index is -0.820. The zero-order chi connectivity index (χ0) is 15.0. The highest BCUT2D eigenvalue weighted by atomic mass is 35.5. The lowest BCUT2D eigenvalue weighted by Gasteiger charge is -2.06. The Kier molecular flexibility index (Phi) is 4.17. The molecule has 2 aromatic rings. The lowest BCUT2D eigenvalue weighted by molar-refractivity contribution is -0.136. The Morgan fingerprint density at radius 2 is 2.14 bits per heavy atom. The van der Waals surface area contributed by atoms with Crippen molar-refractivity contribution in [3.8, 4) is 11.3 Å². The number of carboxylic acid groups (broad SMARTS) is 1. The van der Waals surface area contributed by atoms with Crippen LogP contribution < -0.4 is 5.32 Å². The summed E-state index contributed by atoms with van der Waals surface area (Å²) in [6.07, 6.45) is 0. The molecule has 0 saturated carbocycles. The monoisotopic (exact) mass is 343 g/mol. The van der Waals surface area contributed by atoms with E-state index in [1.54, 1.807) is 12.1 Å². The Morgan fingerprint density at radius 3 is 2.86 bits per heavy atom. The van der Waals surface area contributed by atoms with Gasteiger partial charge >= 0.3 is 5.97 Å². The molecule has 1 aliphatic heterocycles. The number of hydrogen-bond donors (Lipinski definition) is 2. The summed E-state index contributed by atoms with van der Waals surface area (Å²) in [5.74, 6) is 0.466. The summed E-state index contributed by atoms with van der Waals surface area (Å²) >= 11 is 13.5. The molecule has 1 saturated heterocycles. The minimum absolute atomic E-state index is 0.169. The van der Waals surface area contributed by atoms with Crippen molar-refractivity contribution in [3.05, 3.63) is 46.1 Å². The average molecular weight is 344 g/mol. The van der Waals surface area contributed by atoms with Crippen LogP contribution in [0.15, 0.2) is 34.7 Å². The van der Waals surface area contributed by atoms with E-state index in [9.17, 15) is 4.79 Å². The maximum Gasteiger partial charge on any atom is 0.318 e. The quantitative estimate of drug-likeness (QED) is 0.880. The van der Waals surface area contributed by atoms with E-state index >= 15 is 0 Å². The summed E-state index contributed by atoms with van der Waals surface area (Å²) in [6, 6.07) is 8.97. The standard InChI is InChI=1S/C14H11Cl2NO3S/c15-8-3-1-2-7(12(8)16)9-4-5-10(20-9)13-17-6-11(21-13)14(18)19/h1-5,11,13,17H,6H2,(H,18,19)/t11-,13-/m0/s1. The van der Waals surface area contributed by atoms with Crippen LogP contribution in [-0.4, -0.2) is 22.9 Å². The number of benzene rings is 1. The van der Waals surface area contributed by atoms with Crippen molar-refractivity contribution >= 4 is 40.9 Å². The Balaban J connectivity index is 1.84. The molecule has 2 atom stereocenters. The molecule has 0 aliphatic carbocycles. The van der Waals surface area contributed by atoms with Crippen LogP contribution in [0.25, 0.3) is 11.3 Å². The van der Waals surface area contributed by atoms with Crippen molar-refractivity contribution in [1.82, 2.24) is 5.32 Å². The number of aliphatic carboxylic acids is 1. The molecule has 1 aromatic carbocycles. The third-order valence-corrected chi connectivity index (χ3v) is 5.35. The second-order valence-corrected chi connectivity index (χ2v) is 6.65. The largest absolute Gasteiger partial charge is 0.480 e. The molecule has 0 unspecified atom stereocenters. The molecule has 2 heterocycles. The van der Waals surface area contributed by atoms with Gasteiger partial charge in [-0.2, -0.15) is 0 Å². The molecule has 1 fully saturated rings. The molecule has 0 bridgehead atoms. The molecule has 110 valence electrons. The Labute approximate surface area is 135 Å². The topological polar surface area (TPSA) is 62.5 Å². The fraction of sp³-hybridized carbons (Fsp3) is 0.214. The number of carbonyl (C=O) groups is 1. The predicted molar refractivity (Wildman–Crippen MR) is 83.9 cm³/mol. The fourth-order valence-corrected chi connectivity index (χ4v) is 3.60. The second kappa shape index (κ2) is 5.93. The van der Waals surface area contributed by atoms with E-state index in [-0.39, 0.29) is 5.37 Å². The van der Waals surface area contributed by atoms with Gasteiger partial charge in [0.25, 0.3) is 0 Å². The van der Waals surface area contributed by atoms with Gasteiger partial charge in [-0.05, 0) is 24.3 Å². The molecule has 0 amide bonds. The van der Waals surface area contributed by atoms with Crippen LogP contribution in [0, 0.1) is 0 Å². The second-order valence-electron chi connectivity index (χ2n) is 4.55. The zero-order valence-corrected chi connectivity index (χ0v) is 13.0. The van der Waals surface area contributed by atoms with Crippen molar-refractivity contribution in [2.45, 2.75) is 10.6 Å². The van der Waals surface area contributed by atoms with E-state index in [0.717, 1.165) is 0 Å². The molecule has 21 heavy (non-hydrogen) atoms. The van der Waals surface area contributed by atoms with E-state index < -0.39 is 11.2 Å². The first-order valence-electron chi connectivity index (χ1n) is 6.22. The van der Waals surface area contributed by atoms with Crippen LogP contribution in [0.2, 0.25) is 10.0 Å². The van der Waals surface area contributed by atoms with Gasteiger partial charge in [-0.3, -0.25) is 10.1 Å². The van der Waals surface area contributed by atoms with Crippen LogP contribution in [0.1, 0.15) is 11.1 Å². The van der Waals surface area contributed by atoms with Crippen molar-refractivity contribution in [2.75, 3.05) is 6.54 Å². The minimum Gasteiger partial charge on any atom is -0.480 e. The van der Waals surface area contributed by atoms with Gasteiger partial charge < -0.3 is 9.52 Å². The SMILES string of the molecule is O=C(O)[C@@H]1CN[C@H](c2ccc(-c3cccc(Cl)c3Cl)o2)S1. The van der Waals surface area contributed by atoms with Crippen molar-refractivity contribution in [3.63, 3.8) is 0 Å². The number of hydrogen-bond acceptors (Lipinski definition) is 4. The van der Waals surface area contributed by atoms with Crippen LogP contribution >= 0.6 is 35.0 Å². The smallest absolute Gasteiger partial charge is 0.318 e. The highest BCUT2D eigenvalue weighted by Gasteiger charge is 2.32. The molecule has 0 radical (unpaired) electrons. The zero-order valence-electron chi connectivity index (χ0n) is 10.7. The summed E-state index contributed by atoms with van der Waals surface area (Å²) in [7, 11) is 0. The Morgan fingerprint density at radius 1 is 1.33 bits per heavy atom. The van der Waals surface area contributed by atoms with Gasteiger partial charge in [0.2, 0.25) is 0 Å². The molecule has 1 aliphatic rings. The Bertz CT molecular complexity index is 689. The van der Waals surface area contributed by atoms with Crippen LogP contribution in [0.3, 0.4) is 0 Å². The molecule has 3 rings (SSSR count). The summed E-state index contributed by atoms with van der Waals surface area (Å²) < 4.78 is 5.80. The number of carboxylic acids is 1. The summed E-state index contributed by atoms with van der Waals surface area (Å²) in [4.78, 5) is 11.0. The van der Waals surface area contributed by atoms with E-state index in [0.29, 0.717) is 33.7 Å². The first kappa shape index (κ1) is 14.8. The molecular formula is C14H11Cl2NO3S. The van der Waals surface area contributed by atoms with E-state index in [1.165, 1.54) is 11.8 Å². The van der Waals surface area contributed by atoms with Gasteiger partial charge in [0.15, 0.2) is 0 Å².